The van der Waals surface area contributed by atoms with Crippen LogP contribution < -0.4 is 5.73 Å². The van der Waals surface area contributed by atoms with E-state index in [4.69, 9.17) is 5.73 Å². The monoisotopic (exact) mass is 185 g/mol. The highest BCUT2D eigenvalue weighted by Gasteiger charge is 2.29. The zero-order chi connectivity index (χ0) is 9.90. The van der Waals surface area contributed by atoms with E-state index in [0.717, 1.165) is 5.56 Å². The summed E-state index contributed by atoms with van der Waals surface area (Å²) in [6.45, 7) is 1.87. The molecule has 0 aliphatic heterocycles. The molecule has 0 fully saturated rings. The maximum atomic E-state index is 13.2. The van der Waals surface area contributed by atoms with Gasteiger partial charge < -0.3 is 5.73 Å². The van der Waals surface area contributed by atoms with Crippen LogP contribution in [0, 0.1) is 6.92 Å². The van der Waals surface area contributed by atoms with Gasteiger partial charge in [-0.05, 0) is 13.5 Å². The lowest BCUT2D eigenvalue weighted by Gasteiger charge is -2.15. The third-order valence-corrected chi connectivity index (χ3v) is 1.93. The van der Waals surface area contributed by atoms with E-state index in [0.29, 0.717) is 0 Å². The second-order valence-electron chi connectivity index (χ2n) is 3.11. The molecule has 0 aliphatic carbocycles. The Kier molecular flexibility index (Phi) is 2.98. The first kappa shape index (κ1) is 10.1. The van der Waals surface area contributed by atoms with Gasteiger partial charge in [0.25, 0.3) is 5.92 Å². The summed E-state index contributed by atoms with van der Waals surface area (Å²) in [6, 6.07) is 6.26. The first-order valence-electron chi connectivity index (χ1n) is 4.21. The number of nitrogens with two attached hydrogens (primary N) is 1. The summed E-state index contributed by atoms with van der Waals surface area (Å²) in [6.07, 6.45) is -0.296. The van der Waals surface area contributed by atoms with Gasteiger partial charge in [-0.2, -0.15) is 0 Å². The maximum Gasteiger partial charge on any atom is 0.274 e. The van der Waals surface area contributed by atoms with Crippen LogP contribution in [0.5, 0.6) is 0 Å². The Hall–Kier alpha value is -0.960. The molecule has 0 bridgehead atoms. The van der Waals surface area contributed by atoms with Gasteiger partial charge in [0.05, 0.1) is 0 Å². The fourth-order valence-corrected chi connectivity index (χ4v) is 1.12. The minimum atomic E-state index is -2.79. The topological polar surface area (TPSA) is 26.0 Å². The van der Waals surface area contributed by atoms with Crippen LogP contribution in [0.2, 0.25) is 0 Å². The predicted octanol–water partition coefficient (Wildman–Crippen LogP) is 2.44. The fraction of sp³-hybridized carbons (Fsp3) is 0.400. The van der Waals surface area contributed by atoms with Crippen molar-refractivity contribution in [3.05, 3.63) is 35.4 Å². The average Bonchev–Trinajstić information content (AvgIpc) is 2.05. The van der Waals surface area contributed by atoms with Crippen LogP contribution >= 0.6 is 0 Å². The van der Waals surface area contributed by atoms with Crippen LogP contribution in [0.1, 0.15) is 17.5 Å². The molecule has 0 heterocycles. The van der Waals surface area contributed by atoms with Crippen LogP contribution in [0.4, 0.5) is 8.78 Å². The van der Waals surface area contributed by atoms with Crippen molar-refractivity contribution in [2.75, 3.05) is 6.54 Å². The van der Waals surface area contributed by atoms with Gasteiger partial charge >= 0.3 is 0 Å². The number of alkyl halides is 2. The van der Waals surface area contributed by atoms with Crippen LogP contribution in [0.15, 0.2) is 24.3 Å². The Morgan fingerprint density at radius 3 is 2.23 bits per heavy atom. The summed E-state index contributed by atoms with van der Waals surface area (Å²) < 4.78 is 26.4. The fourth-order valence-electron chi connectivity index (χ4n) is 1.12. The van der Waals surface area contributed by atoms with Crippen LogP contribution in [0.3, 0.4) is 0 Å². The van der Waals surface area contributed by atoms with Gasteiger partial charge in [0.2, 0.25) is 0 Å². The normalized spacial score (nSPS) is 11.7. The Morgan fingerprint density at radius 1 is 1.23 bits per heavy atom. The SMILES string of the molecule is Cc1ccc(C(F)(F)CCN)cc1. The molecule has 0 spiro atoms. The van der Waals surface area contributed by atoms with Gasteiger partial charge in [0.15, 0.2) is 0 Å². The van der Waals surface area contributed by atoms with Gasteiger partial charge in [0.1, 0.15) is 0 Å². The van der Waals surface area contributed by atoms with E-state index >= 15 is 0 Å². The highest BCUT2D eigenvalue weighted by Crippen LogP contribution is 2.30. The molecule has 1 nitrogen and oxygen atoms in total. The number of benzene rings is 1. The first-order valence-corrected chi connectivity index (χ1v) is 4.21. The van der Waals surface area contributed by atoms with Gasteiger partial charge in [-0.3, -0.25) is 0 Å². The van der Waals surface area contributed by atoms with E-state index in [1.54, 1.807) is 12.1 Å². The molecule has 0 unspecified atom stereocenters. The summed E-state index contributed by atoms with van der Waals surface area (Å²) in [5, 5.41) is 0. The third kappa shape index (κ3) is 2.49. The summed E-state index contributed by atoms with van der Waals surface area (Å²) in [7, 11) is 0. The van der Waals surface area contributed by atoms with Gasteiger partial charge in [-0.1, -0.05) is 29.8 Å². The van der Waals surface area contributed by atoms with Crippen molar-refractivity contribution in [3.63, 3.8) is 0 Å². The van der Waals surface area contributed by atoms with Crippen molar-refractivity contribution >= 4 is 0 Å². The summed E-state index contributed by atoms with van der Waals surface area (Å²) in [5.41, 5.74) is 6.13. The molecule has 2 N–H and O–H groups in total. The Labute approximate surface area is 76.6 Å². The van der Waals surface area contributed by atoms with Crippen molar-refractivity contribution in [2.24, 2.45) is 5.73 Å². The van der Waals surface area contributed by atoms with Gasteiger partial charge in [-0.25, -0.2) is 8.78 Å². The average molecular weight is 185 g/mol. The molecular weight excluding hydrogens is 172 g/mol. The number of halogens is 2. The van der Waals surface area contributed by atoms with Crippen molar-refractivity contribution in [1.82, 2.24) is 0 Å². The Bertz CT molecular complexity index is 267. The van der Waals surface area contributed by atoms with Crippen molar-refractivity contribution in [2.45, 2.75) is 19.3 Å². The molecule has 1 aromatic carbocycles. The van der Waals surface area contributed by atoms with Crippen molar-refractivity contribution < 1.29 is 8.78 Å². The largest absolute Gasteiger partial charge is 0.330 e. The lowest BCUT2D eigenvalue weighted by atomic mass is 10.0. The standard InChI is InChI=1S/C10H13F2N/c1-8-2-4-9(5-3-8)10(11,12)6-7-13/h2-5H,6-7,13H2,1H3. The lowest BCUT2D eigenvalue weighted by Crippen LogP contribution is -2.18. The number of aryl methyl sites for hydroxylation is 1. The molecule has 0 radical (unpaired) electrons. The molecule has 0 saturated heterocycles. The second kappa shape index (κ2) is 3.83. The van der Waals surface area contributed by atoms with E-state index in [1.165, 1.54) is 12.1 Å². The third-order valence-electron chi connectivity index (χ3n) is 1.93. The van der Waals surface area contributed by atoms with E-state index in [2.05, 4.69) is 0 Å². The van der Waals surface area contributed by atoms with Crippen molar-refractivity contribution in [1.29, 1.82) is 0 Å². The highest BCUT2D eigenvalue weighted by atomic mass is 19.3. The van der Waals surface area contributed by atoms with Crippen LogP contribution in [0.25, 0.3) is 0 Å². The summed E-state index contributed by atoms with van der Waals surface area (Å²) >= 11 is 0. The first-order chi connectivity index (χ1) is 6.06. The molecule has 0 amide bonds. The summed E-state index contributed by atoms with van der Waals surface area (Å²) in [4.78, 5) is 0. The zero-order valence-corrected chi connectivity index (χ0v) is 7.56. The van der Waals surface area contributed by atoms with Crippen molar-refractivity contribution in [3.8, 4) is 0 Å². The zero-order valence-electron chi connectivity index (χ0n) is 7.56. The molecule has 72 valence electrons. The molecule has 0 aliphatic rings. The van der Waals surface area contributed by atoms with Gasteiger partial charge in [0, 0.05) is 12.0 Å². The molecule has 0 atom stereocenters. The number of hydrogen-bond donors (Lipinski definition) is 1. The Morgan fingerprint density at radius 2 is 1.77 bits per heavy atom. The molecule has 1 rings (SSSR count). The molecule has 0 saturated carbocycles. The van der Waals surface area contributed by atoms with Crippen LogP contribution in [-0.2, 0) is 5.92 Å². The molecule has 3 heteroatoms. The minimum absolute atomic E-state index is 0.000869. The lowest BCUT2D eigenvalue weighted by molar-refractivity contribution is -0.0107. The van der Waals surface area contributed by atoms with E-state index in [1.807, 2.05) is 6.92 Å². The second-order valence-corrected chi connectivity index (χ2v) is 3.11. The summed E-state index contributed by atoms with van der Waals surface area (Å²) in [5.74, 6) is -2.79. The highest BCUT2D eigenvalue weighted by molar-refractivity contribution is 5.24. The minimum Gasteiger partial charge on any atom is -0.330 e. The molecule has 13 heavy (non-hydrogen) atoms. The smallest absolute Gasteiger partial charge is 0.274 e. The van der Waals surface area contributed by atoms with Gasteiger partial charge in [-0.15, -0.1) is 0 Å². The Balaban J connectivity index is 2.87. The quantitative estimate of drug-likeness (QED) is 0.769. The molecule has 1 aromatic rings. The predicted molar refractivity (Wildman–Crippen MR) is 48.7 cm³/mol. The van der Waals surface area contributed by atoms with E-state index in [-0.39, 0.29) is 18.5 Å². The molecule has 0 aromatic heterocycles. The van der Waals surface area contributed by atoms with Crippen LogP contribution in [-0.4, -0.2) is 6.54 Å². The molecular formula is C10H13F2N. The number of rotatable bonds is 3. The maximum absolute atomic E-state index is 13.2. The number of hydrogen-bond acceptors (Lipinski definition) is 1. The van der Waals surface area contributed by atoms with E-state index in [9.17, 15) is 8.78 Å². The van der Waals surface area contributed by atoms with E-state index < -0.39 is 5.92 Å².